The molecule has 0 bridgehead atoms. The SMILES string of the molecule is CC(C)(C)OC(=O)N1CC(CC(=O)O)(N2CCCCCC2)C1. The van der Waals surface area contributed by atoms with Crippen LogP contribution in [0.3, 0.4) is 0 Å². The van der Waals surface area contributed by atoms with Gasteiger partial charge in [0.25, 0.3) is 0 Å². The third-order valence-corrected chi connectivity index (χ3v) is 4.38. The lowest BCUT2D eigenvalue weighted by atomic mass is 9.84. The first-order chi connectivity index (χ1) is 10.2. The third-order valence-electron chi connectivity index (χ3n) is 4.38. The number of nitrogens with zero attached hydrogens (tertiary/aromatic N) is 2. The van der Waals surface area contributed by atoms with E-state index in [-0.39, 0.29) is 12.5 Å². The zero-order valence-electron chi connectivity index (χ0n) is 13.9. The zero-order valence-corrected chi connectivity index (χ0v) is 13.9. The van der Waals surface area contributed by atoms with Gasteiger partial charge in [0.05, 0.1) is 12.0 Å². The van der Waals surface area contributed by atoms with E-state index in [1.165, 1.54) is 12.8 Å². The Morgan fingerprint density at radius 2 is 1.64 bits per heavy atom. The summed E-state index contributed by atoms with van der Waals surface area (Å²) in [4.78, 5) is 27.3. The Hall–Kier alpha value is -1.30. The molecule has 2 fully saturated rings. The highest BCUT2D eigenvalue weighted by atomic mass is 16.6. The van der Waals surface area contributed by atoms with Crippen molar-refractivity contribution in [1.29, 1.82) is 0 Å². The normalized spacial score (nSPS) is 22.6. The second-order valence-corrected chi connectivity index (χ2v) is 7.53. The molecule has 0 atom stereocenters. The number of carbonyl (C=O) groups excluding carboxylic acids is 1. The van der Waals surface area contributed by atoms with Crippen molar-refractivity contribution in [3.63, 3.8) is 0 Å². The molecule has 0 spiro atoms. The molecule has 1 N–H and O–H groups in total. The maximum absolute atomic E-state index is 12.1. The zero-order chi connectivity index (χ0) is 16.4. The Bertz CT molecular complexity index is 416. The van der Waals surface area contributed by atoms with Gasteiger partial charge >= 0.3 is 12.1 Å². The van der Waals surface area contributed by atoms with E-state index in [1.54, 1.807) is 4.90 Å². The highest BCUT2D eigenvalue weighted by molar-refractivity contribution is 5.73. The summed E-state index contributed by atoms with van der Waals surface area (Å²) in [6.45, 7) is 8.27. The van der Waals surface area contributed by atoms with Gasteiger partial charge in [0.1, 0.15) is 5.60 Å². The van der Waals surface area contributed by atoms with Crippen LogP contribution in [-0.4, -0.2) is 64.3 Å². The first kappa shape index (κ1) is 17.1. The first-order valence-corrected chi connectivity index (χ1v) is 8.17. The van der Waals surface area contributed by atoms with Crippen molar-refractivity contribution in [3.8, 4) is 0 Å². The van der Waals surface area contributed by atoms with E-state index in [9.17, 15) is 14.7 Å². The summed E-state index contributed by atoms with van der Waals surface area (Å²) in [5.74, 6) is -0.798. The molecule has 0 unspecified atom stereocenters. The number of ether oxygens (including phenoxy) is 1. The number of carboxylic acids is 1. The lowest BCUT2D eigenvalue weighted by molar-refractivity contribution is -0.145. The summed E-state index contributed by atoms with van der Waals surface area (Å²) in [5.41, 5.74) is -0.933. The van der Waals surface area contributed by atoms with Crippen LogP contribution < -0.4 is 0 Å². The maximum Gasteiger partial charge on any atom is 0.410 e. The topological polar surface area (TPSA) is 70.1 Å². The van der Waals surface area contributed by atoms with Crippen molar-refractivity contribution in [2.75, 3.05) is 26.2 Å². The standard InChI is InChI=1S/C16H28N2O4/c1-15(2,3)22-14(21)17-11-16(12-17,10-13(19)20)18-8-6-4-5-7-9-18/h4-12H2,1-3H3,(H,19,20). The fourth-order valence-electron chi connectivity index (χ4n) is 3.37. The number of rotatable bonds is 3. The van der Waals surface area contributed by atoms with Gasteiger partial charge in [-0.15, -0.1) is 0 Å². The Morgan fingerprint density at radius 1 is 1.09 bits per heavy atom. The van der Waals surface area contributed by atoms with E-state index in [2.05, 4.69) is 4.90 Å². The van der Waals surface area contributed by atoms with Gasteiger partial charge in [-0.05, 0) is 46.7 Å². The molecule has 0 aromatic rings. The van der Waals surface area contributed by atoms with Gasteiger partial charge in [0, 0.05) is 13.1 Å². The number of carbonyl (C=O) groups is 2. The maximum atomic E-state index is 12.1. The van der Waals surface area contributed by atoms with E-state index >= 15 is 0 Å². The second-order valence-electron chi connectivity index (χ2n) is 7.53. The second kappa shape index (κ2) is 6.44. The molecule has 0 radical (unpaired) electrons. The number of hydrogen-bond donors (Lipinski definition) is 1. The van der Waals surface area contributed by atoms with Crippen LogP contribution in [-0.2, 0) is 9.53 Å². The number of aliphatic carboxylic acids is 1. The lowest BCUT2D eigenvalue weighted by Crippen LogP contribution is -2.72. The Labute approximate surface area is 132 Å². The fraction of sp³-hybridized carbons (Fsp3) is 0.875. The predicted octanol–water partition coefficient (Wildman–Crippen LogP) is 2.33. The average Bonchev–Trinajstić information content (AvgIpc) is 2.59. The molecule has 126 valence electrons. The number of hydrogen-bond acceptors (Lipinski definition) is 4. The van der Waals surface area contributed by atoms with Gasteiger partial charge < -0.3 is 14.7 Å². The molecule has 2 aliphatic heterocycles. The van der Waals surface area contributed by atoms with Crippen molar-refractivity contribution in [2.24, 2.45) is 0 Å². The van der Waals surface area contributed by atoms with Crippen molar-refractivity contribution < 1.29 is 19.4 Å². The van der Waals surface area contributed by atoms with Crippen molar-refractivity contribution >= 4 is 12.1 Å². The van der Waals surface area contributed by atoms with Gasteiger partial charge in [-0.1, -0.05) is 12.8 Å². The highest BCUT2D eigenvalue weighted by Gasteiger charge is 2.51. The molecule has 2 aliphatic rings. The molecular weight excluding hydrogens is 284 g/mol. The molecule has 6 nitrogen and oxygen atoms in total. The molecule has 2 heterocycles. The summed E-state index contributed by atoms with van der Waals surface area (Å²) in [6, 6.07) is 0. The summed E-state index contributed by atoms with van der Waals surface area (Å²) in [6.07, 6.45) is 4.36. The number of amides is 1. The third kappa shape index (κ3) is 4.12. The number of carboxylic acid groups (broad SMARTS) is 1. The van der Waals surface area contributed by atoms with E-state index in [1.807, 2.05) is 20.8 Å². The quantitative estimate of drug-likeness (QED) is 0.866. The largest absolute Gasteiger partial charge is 0.481 e. The van der Waals surface area contributed by atoms with Crippen molar-refractivity contribution in [3.05, 3.63) is 0 Å². The number of likely N-dealkylation sites (tertiary alicyclic amines) is 2. The van der Waals surface area contributed by atoms with E-state index in [4.69, 9.17) is 4.74 Å². The summed E-state index contributed by atoms with van der Waals surface area (Å²) in [5, 5.41) is 9.27. The summed E-state index contributed by atoms with van der Waals surface area (Å²) in [7, 11) is 0. The Kier molecular flexibility index (Phi) is 5.00. The Morgan fingerprint density at radius 3 is 2.09 bits per heavy atom. The van der Waals surface area contributed by atoms with Crippen LogP contribution in [0.15, 0.2) is 0 Å². The van der Waals surface area contributed by atoms with Gasteiger partial charge in [-0.3, -0.25) is 9.69 Å². The average molecular weight is 312 g/mol. The van der Waals surface area contributed by atoms with E-state index < -0.39 is 17.1 Å². The van der Waals surface area contributed by atoms with Crippen LogP contribution in [0.4, 0.5) is 4.79 Å². The molecular formula is C16H28N2O4. The molecule has 2 rings (SSSR count). The summed E-state index contributed by atoms with van der Waals surface area (Å²) < 4.78 is 5.37. The van der Waals surface area contributed by atoms with Crippen molar-refractivity contribution in [1.82, 2.24) is 9.80 Å². The van der Waals surface area contributed by atoms with Gasteiger partial charge in [-0.2, -0.15) is 0 Å². The molecule has 2 saturated heterocycles. The monoisotopic (exact) mass is 312 g/mol. The fourth-order valence-corrected chi connectivity index (χ4v) is 3.37. The van der Waals surface area contributed by atoms with E-state index in [0.29, 0.717) is 13.1 Å². The van der Waals surface area contributed by atoms with Crippen LogP contribution in [0.5, 0.6) is 0 Å². The molecule has 1 amide bonds. The van der Waals surface area contributed by atoms with Crippen LogP contribution in [0.1, 0.15) is 52.9 Å². The van der Waals surface area contributed by atoms with Crippen LogP contribution in [0, 0.1) is 0 Å². The first-order valence-electron chi connectivity index (χ1n) is 8.17. The van der Waals surface area contributed by atoms with Crippen LogP contribution in [0.2, 0.25) is 0 Å². The smallest absolute Gasteiger partial charge is 0.410 e. The highest BCUT2D eigenvalue weighted by Crippen LogP contribution is 2.34. The minimum atomic E-state index is -0.798. The van der Waals surface area contributed by atoms with Crippen molar-refractivity contribution in [2.45, 2.75) is 64.0 Å². The minimum absolute atomic E-state index is 0.0896. The van der Waals surface area contributed by atoms with E-state index in [0.717, 1.165) is 25.9 Å². The molecule has 0 aromatic carbocycles. The lowest BCUT2D eigenvalue weighted by Gasteiger charge is -2.55. The van der Waals surface area contributed by atoms with Gasteiger partial charge in [-0.25, -0.2) is 4.79 Å². The van der Waals surface area contributed by atoms with Crippen LogP contribution in [0.25, 0.3) is 0 Å². The molecule has 0 saturated carbocycles. The molecule has 6 heteroatoms. The van der Waals surface area contributed by atoms with Gasteiger partial charge in [0.2, 0.25) is 0 Å². The molecule has 22 heavy (non-hydrogen) atoms. The van der Waals surface area contributed by atoms with Gasteiger partial charge in [0.15, 0.2) is 0 Å². The molecule has 0 aromatic heterocycles. The minimum Gasteiger partial charge on any atom is -0.481 e. The molecule has 0 aliphatic carbocycles. The van der Waals surface area contributed by atoms with Crippen LogP contribution >= 0.6 is 0 Å². The summed E-state index contributed by atoms with van der Waals surface area (Å²) >= 11 is 0. The predicted molar refractivity (Wildman–Crippen MR) is 82.8 cm³/mol. The Balaban J connectivity index is 2.01.